The van der Waals surface area contributed by atoms with Gasteiger partial charge in [0.1, 0.15) is 22.4 Å². The molecule has 0 aromatic carbocycles. The fraction of sp³-hybridized carbons (Fsp3) is 0.250. The molecule has 0 amide bonds. The van der Waals surface area contributed by atoms with E-state index < -0.39 is 0 Å². The van der Waals surface area contributed by atoms with Gasteiger partial charge in [-0.15, -0.1) is 0 Å². The minimum absolute atomic E-state index is 0.434. The number of anilines is 2. The van der Waals surface area contributed by atoms with Crippen LogP contribution < -0.4 is 10.6 Å². The molecule has 0 saturated carbocycles. The van der Waals surface area contributed by atoms with Crippen molar-refractivity contribution in [2.45, 2.75) is 13.5 Å². The summed E-state index contributed by atoms with van der Waals surface area (Å²) in [6, 6.07) is 5.96. The van der Waals surface area contributed by atoms with Gasteiger partial charge in [-0.1, -0.05) is 6.07 Å². The highest BCUT2D eigenvalue weighted by Gasteiger charge is 2.11. The lowest BCUT2D eigenvalue weighted by Gasteiger charge is -2.19. The van der Waals surface area contributed by atoms with Gasteiger partial charge < -0.3 is 10.6 Å². The zero-order valence-corrected chi connectivity index (χ0v) is 11.8. The van der Waals surface area contributed by atoms with E-state index in [4.69, 9.17) is 5.73 Å². The van der Waals surface area contributed by atoms with Crippen LogP contribution in [0.5, 0.6) is 0 Å². The maximum Gasteiger partial charge on any atom is 0.148 e. The van der Waals surface area contributed by atoms with Gasteiger partial charge in [0, 0.05) is 12.7 Å². The number of rotatable bonds is 3. The molecule has 2 heterocycles. The summed E-state index contributed by atoms with van der Waals surface area (Å²) in [5.74, 6) is 1.19. The highest BCUT2D eigenvalue weighted by atomic mass is 79.9. The highest BCUT2D eigenvalue weighted by Crippen LogP contribution is 2.27. The molecular formula is C12H14BrN5. The first-order valence-corrected chi connectivity index (χ1v) is 6.27. The fourth-order valence-electron chi connectivity index (χ4n) is 1.65. The summed E-state index contributed by atoms with van der Waals surface area (Å²) in [6.45, 7) is 2.64. The number of halogens is 1. The van der Waals surface area contributed by atoms with Crippen LogP contribution in [0.2, 0.25) is 0 Å². The summed E-state index contributed by atoms with van der Waals surface area (Å²) in [4.78, 5) is 14.6. The minimum Gasteiger partial charge on any atom is -0.383 e. The van der Waals surface area contributed by atoms with Crippen molar-refractivity contribution in [3.63, 3.8) is 0 Å². The summed E-state index contributed by atoms with van der Waals surface area (Å²) in [5, 5.41) is 0. The topological polar surface area (TPSA) is 67.9 Å². The number of aryl methyl sites for hydroxylation is 1. The first-order valence-electron chi connectivity index (χ1n) is 5.47. The summed E-state index contributed by atoms with van der Waals surface area (Å²) in [6.07, 6.45) is 1.45. The van der Waals surface area contributed by atoms with E-state index in [2.05, 4.69) is 30.9 Å². The molecular weight excluding hydrogens is 294 g/mol. The number of nitrogens with zero attached hydrogens (tertiary/aromatic N) is 4. The molecule has 0 fully saturated rings. The van der Waals surface area contributed by atoms with E-state index in [0.717, 1.165) is 17.2 Å². The van der Waals surface area contributed by atoms with Crippen LogP contribution in [0.15, 0.2) is 29.0 Å². The van der Waals surface area contributed by atoms with Crippen LogP contribution in [0, 0.1) is 6.92 Å². The fourth-order valence-corrected chi connectivity index (χ4v) is 2.15. The van der Waals surface area contributed by atoms with Crippen molar-refractivity contribution < 1.29 is 0 Å². The van der Waals surface area contributed by atoms with Crippen molar-refractivity contribution in [3.05, 3.63) is 40.4 Å². The Morgan fingerprint density at radius 1 is 1.33 bits per heavy atom. The third-order valence-corrected chi connectivity index (χ3v) is 3.27. The Kier molecular flexibility index (Phi) is 3.76. The minimum atomic E-state index is 0.434. The zero-order chi connectivity index (χ0) is 13.1. The lowest BCUT2D eigenvalue weighted by atomic mass is 10.3. The summed E-state index contributed by atoms with van der Waals surface area (Å²) in [7, 11) is 1.94. The molecule has 0 saturated heterocycles. The normalized spacial score (nSPS) is 10.4. The summed E-state index contributed by atoms with van der Waals surface area (Å²) >= 11 is 3.40. The average Bonchev–Trinajstić information content (AvgIpc) is 2.32. The third kappa shape index (κ3) is 2.76. The molecule has 2 aromatic rings. The van der Waals surface area contributed by atoms with Crippen LogP contribution in [0.4, 0.5) is 11.6 Å². The Labute approximate surface area is 114 Å². The van der Waals surface area contributed by atoms with Crippen LogP contribution in [0.3, 0.4) is 0 Å². The first-order chi connectivity index (χ1) is 8.58. The SMILES string of the molecule is Cc1cccc(CN(C)c2ncnc(N)c2Br)n1. The average molecular weight is 308 g/mol. The number of nitrogens with two attached hydrogens (primary N) is 1. The monoisotopic (exact) mass is 307 g/mol. The van der Waals surface area contributed by atoms with Gasteiger partial charge in [0.05, 0.1) is 12.2 Å². The Hall–Kier alpha value is -1.69. The molecule has 0 aliphatic carbocycles. The molecule has 2 rings (SSSR count). The standard InChI is InChI=1S/C12H14BrN5/c1-8-4-3-5-9(17-8)6-18(2)12-10(13)11(14)15-7-16-12/h3-5,7H,6H2,1-2H3,(H2,14,15,16). The summed E-state index contributed by atoms with van der Waals surface area (Å²) in [5.41, 5.74) is 7.73. The molecule has 0 bridgehead atoms. The molecule has 0 atom stereocenters. The van der Waals surface area contributed by atoms with Gasteiger partial charge in [0.2, 0.25) is 0 Å². The van der Waals surface area contributed by atoms with Gasteiger partial charge in [-0.25, -0.2) is 9.97 Å². The van der Waals surface area contributed by atoms with E-state index >= 15 is 0 Å². The Morgan fingerprint density at radius 3 is 2.83 bits per heavy atom. The van der Waals surface area contributed by atoms with Crippen LogP contribution >= 0.6 is 15.9 Å². The smallest absolute Gasteiger partial charge is 0.148 e. The van der Waals surface area contributed by atoms with Crippen LogP contribution in [0.25, 0.3) is 0 Å². The Morgan fingerprint density at radius 2 is 2.11 bits per heavy atom. The van der Waals surface area contributed by atoms with Gasteiger partial charge in [0.25, 0.3) is 0 Å². The molecule has 5 nitrogen and oxygen atoms in total. The van der Waals surface area contributed by atoms with Crippen molar-refractivity contribution in [1.29, 1.82) is 0 Å². The van der Waals surface area contributed by atoms with Crippen molar-refractivity contribution in [2.24, 2.45) is 0 Å². The molecule has 0 spiro atoms. The highest BCUT2D eigenvalue weighted by molar-refractivity contribution is 9.10. The first kappa shape index (κ1) is 12.8. The predicted octanol–water partition coefficient (Wildman–Crippen LogP) is 2.16. The molecule has 0 unspecified atom stereocenters. The number of aromatic nitrogens is 3. The van der Waals surface area contributed by atoms with E-state index in [1.807, 2.05) is 37.1 Å². The molecule has 18 heavy (non-hydrogen) atoms. The van der Waals surface area contributed by atoms with Crippen molar-refractivity contribution in [1.82, 2.24) is 15.0 Å². The maximum atomic E-state index is 5.74. The second kappa shape index (κ2) is 5.30. The van der Waals surface area contributed by atoms with Crippen molar-refractivity contribution >= 4 is 27.6 Å². The summed E-state index contributed by atoms with van der Waals surface area (Å²) < 4.78 is 0.708. The van der Waals surface area contributed by atoms with E-state index in [-0.39, 0.29) is 0 Å². The van der Waals surface area contributed by atoms with Crippen molar-refractivity contribution in [3.8, 4) is 0 Å². The largest absolute Gasteiger partial charge is 0.383 e. The van der Waals surface area contributed by atoms with E-state index in [1.54, 1.807) is 0 Å². The van der Waals surface area contributed by atoms with Crippen LogP contribution in [-0.4, -0.2) is 22.0 Å². The van der Waals surface area contributed by atoms with Gasteiger partial charge in [0.15, 0.2) is 0 Å². The Bertz CT molecular complexity index is 558. The second-order valence-corrected chi connectivity index (χ2v) is 4.82. The number of nitrogen functional groups attached to an aromatic ring is 1. The molecule has 0 aliphatic heterocycles. The third-order valence-electron chi connectivity index (χ3n) is 2.50. The Balaban J connectivity index is 2.22. The number of pyridine rings is 1. The lowest BCUT2D eigenvalue weighted by molar-refractivity contribution is 0.852. The van der Waals surface area contributed by atoms with Gasteiger partial charge in [-0.2, -0.15) is 0 Å². The molecule has 2 N–H and O–H groups in total. The van der Waals surface area contributed by atoms with E-state index in [9.17, 15) is 0 Å². The van der Waals surface area contributed by atoms with E-state index in [1.165, 1.54) is 6.33 Å². The molecule has 6 heteroatoms. The van der Waals surface area contributed by atoms with Gasteiger partial charge >= 0.3 is 0 Å². The number of hydrogen-bond acceptors (Lipinski definition) is 5. The lowest BCUT2D eigenvalue weighted by Crippen LogP contribution is -2.19. The van der Waals surface area contributed by atoms with Gasteiger partial charge in [-0.3, -0.25) is 4.98 Å². The molecule has 0 aliphatic rings. The molecule has 0 radical (unpaired) electrons. The van der Waals surface area contributed by atoms with Gasteiger partial charge in [-0.05, 0) is 35.0 Å². The quantitative estimate of drug-likeness (QED) is 0.941. The van der Waals surface area contributed by atoms with Crippen molar-refractivity contribution in [2.75, 3.05) is 17.7 Å². The predicted molar refractivity (Wildman–Crippen MR) is 75.2 cm³/mol. The molecule has 2 aromatic heterocycles. The maximum absolute atomic E-state index is 5.74. The zero-order valence-electron chi connectivity index (χ0n) is 10.3. The second-order valence-electron chi connectivity index (χ2n) is 4.02. The molecule has 94 valence electrons. The van der Waals surface area contributed by atoms with Crippen LogP contribution in [-0.2, 0) is 6.54 Å². The van der Waals surface area contributed by atoms with E-state index in [0.29, 0.717) is 16.8 Å². The van der Waals surface area contributed by atoms with Crippen LogP contribution in [0.1, 0.15) is 11.4 Å². The number of hydrogen-bond donors (Lipinski definition) is 1.